The van der Waals surface area contributed by atoms with Gasteiger partial charge in [0.1, 0.15) is 0 Å². The van der Waals surface area contributed by atoms with Crippen molar-refractivity contribution in [2.75, 3.05) is 13.2 Å². The van der Waals surface area contributed by atoms with Crippen LogP contribution in [0.15, 0.2) is 24.3 Å². The predicted octanol–water partition coefficient (Wildman–Crippen LogP) is 6.82. The van der Waals surface area contributed by atoms with E-state index in [4.69, 9.17) is 9.47 Å². The minimum absolute atomic E-state index is 0.269. The maximum absolute atomic E-state index is 11.9. The lowest BCUT2D eigenvalue weighted by Crippen LogP contribution is -2.14. The highest BCUT2D eigenvalue weighted by molar-refractivity contribution is 6.03. The van der Waals surface area contributed by atoms with Crippen LogP contribution in [-0.4, -0.2) is 25.2 Å². The second-order valence-corrected chi connectivity index (χ2v) is 7.18. The third-order valence-corrected chi connectivity index (χ3v) is 4.58. The van der Waals surface area contributed by atoms with Crippen LogP contribution in [0.4, 0.5) is 0 Å². The van der Waals surface area contributed by atoms with E-state index in [2.05, 4.69) is 20.8 Å². The summed E-state index contributed by atoms with van der Waals surface area (Å²) in [6, 6.07) is 6.59. The Morgan fingerprint density at radius 1 is 0.786 bits per heavy atom. The van der Waals surface area contributed by atoms with Crippen molar-refractivity contribution in [2.24, 2.45) is 5.92 Å². The number of hydrogen-bond donors (Lipinski definition) is 0. The molecule has 0 N–H and O–H groups in total. The zero-order chi connectivity index (χ0) is 21.2. The number of rotatable bonds is 12. The van der Waals surface area contributed by atoms with Crippen LogP contribution in [-0.2, 0) is 9.47 Å². The molecule has 0 bridgehead atoms. The lowest BCUT2D eigenvalue weighted by atomic mass is 10.0. The van der Waals surface area contributed by atoms with Crippen LogP contribution in [0.5, 0.6) is 0 Å². The number of unbranched alkanes of at least 4 members (excludes halogenated alkanes) is 3. The Balaban J connectivity index is 0.000000769. The van der Waals surface area contributed by atoms with Gasteiger partial charge >= 0.3 is 11.9 Å². The van der Waals surface area contributed by atoms with E-state index in [0.29, 0.717) is 13.2 Å². The molecule has 0 aliphatic heterocycles. The lowest BCUT2D eigenvalue weighted by molar-refractivity contribution is 0.0452. The summed E-state index contributed by atoms with van der Waals surface area (Å²) < 4.78 is 10.3. The molecule has 1 aromatic carbocycles. The van der Waals surface area contributed by atoms with Crippen LogP contribution in [0.3, 0.4) is 0 Å². The van der Waals surface area contributed by atoms with Crippen LogP contribution >= 0.6 is 0 Å². The third-order valence-electron chi connectivity index (χ3n) is 4.58. The molecular weight excluding hydrogens is 352 g/mol. The van der Waals surface area contributed by atoms with Crippen molar-refractivity contribution >= 4 is 11.9 Å². The van der Waals surface area contributed by atoms with E-state index in [1.807, 2.05) is 13.8 Å². The fraction of sp³-hybridized carbons (Fsp3) is 0.667. The van der Waals surface area contributed by atoms with Gasteiger partial charge in [0.05, 0.1) is 24.3 Å². The monoisotopic (exact) mass is 392 g/mol. The Labute approximate surface area is 172 Å². The SMILES string of the molecule is CCCCC(C)CC.CCCCOC(=O)c1ccccc1C(=O)OCCCC. The molecule has 0 saturated heterocycles. The van der Waals surface area contributed by atoms with Crippen LogP contribution in [0.1, 0.15) is 107 Å². The minimum atomic E-state index is -0.471. The quantitative estimate of drug-likeness (QED) is 0.289. The van der Waals surface area contributed by atoms with E-state index in [0.717, 1.165) is 31.6 Å². The minimum Gasteiger partial charge on any atom is -0.462 e. The number of ether oxygens (including phenoxy) is 2. The van der Waals surface area contributed by atoms with E-state index in [9.17, 15) is 9.59 Å². The molecule has 0 spiro atoms. The standard InChI is InChI=1S/C16H22O4.C8H18/c1-3-5-11-19-15(17)13-9-7-8-10-14(13)16(18)20-12-6-4-2;1-4-6-7-8(3)5-2/h7-10H,3-6,11-12H2,1-2H3;8H,4-7H2,1-3H3. The molecule has 0 amide bonds. The Morgan fingerprint density at radius 2 is 1.21 bits per heavy atom. The van der Waals surface area contributed by atoms with Gasteiger partial charge in [-0.3, -0.25) is 0 Å². The molecule has 1 aromatic rings. The van der Waals surface area contributed by atoms with E-state index >= 15 is 0 Å². The Kier molecular flexibility index (Phi) is 16.1. The maximum atomic E-state index is 11.9. The Bertz CT molecular complexity index is 498. The van der Waals surface area contributed by atoms with Gasteiger partial charge in [-0.2, -0.15) is 0 Å². The summed E-state index contributed by atoms with van der Waals surface area (Å²) >= 11 is 0. The van der Waals surface area contributed by atoms with Gasteiger partial charge in [0, 0.05) is 0 Å². The van der Waals surface area contributed by atoms with Gasteiger partial charge in [-0.25, -0.2) is 9.59 Å². The van der Waals surface area contributed by atoms with Crippen molar-refractivity contribution in [3.8, 4) is 0 Å². The normalized spacial score (nSPS) is 11.2. The highest BCUT2D eigenvalue weighted by Gasteiger charge is 2.18. The highest BCUT2D eigenvalue weighted by atomic mass is 16.5. The molecule has 4 heteroatoms. The first-order valence-corrected chi connectivity index (χ1v) is 10.9. The zero-order valence-corrected chi connectivity index (χ0v) is 18.6. The van der Waals surface area contributed by atoms with Crippen molar-refractivity contribution in [1.29, 1.82) is 0 Å². The summed E-state index contributed by atoms with van der Waals surface area (Å²) in [5.74, 6) is 0.0120. The van der Waals surface area contributed by atoms with Gasteiger partial charge in [-0.05, 0) is 30.9 Å². The number of benzene rings is 1. The number of carbonyl (C=O) groups excluding carboxylic acids is 2. The van der Waals surface area contributed by atoms with Crippen LogP contribution in [0, 0.1) is 5.92 Å². The Morgan fingerprint density at radius 3 is 1.57 bits per heavy atom. The van der Waals surface area contributed by atoms with Crippen molar-refractivity contribution in [2.45, 2.75) is 86.0 Å². The summed E-state index contributed by atoms with van der Waals surface area (Å²) in [7, 11) is 0. The molecule has 0 radical (unpaired) electrons. The van der Waals surface area contributed by atoms with Gasteiger partial charge < -0.3 is 9.47 Å². The molecule has 0 aliphatic rings. The molecule has 0 aliphatic carbocycles. The largest absolute Gasteiger partial charge is 0.462 e. The molecule has 0 fully saturated rings. The van der Waals surface area contributed by atoms with E-state index in [-0.39, 0.29) is 11.1 Å². The van der Waals surface area contributed by atoms with Gasteiger partial charge in [0.15, 0.2) is 0 Å². The fourth-order valence-electron chi connectivity index (χ4n) is 2.37. The fourth-order valence-corrected chi connectivity index (χ4v) is 2.37. The second-order valence-electron chi connectivity index (χ2n) is 7.18. The number of hydrogen-bond acceptors (Lipinski definition) is 4. The molecule has 4 nitrogen and oxygen atoms in total. The first kappa shape index (κ1) is 26.2. The van der Waals surface area contributed by atoms with Crippen molar-refractivity contribution in [1.82, 2.24) is 0 Å². The van der Waals surface area contributed by atoms with Gasteiger partial charge in [0.2, 0.25) is 0 Å². The summed E-state index contributed by atoms with van der Waals surface area (Å²) in [5.41, 5.74) is 0.537. The number of esters is 2. The summed E-state index contributed by atoms with van der Waals surface area (Å²) in [5, 5.41) is 0. The number of carbonyl (C=O) groups is 2. The smallest absolute Gasteiger partial charge is 0.339 e. The van der Waals surface area contributed by atoms with E-state index in [1.54, 1.807) is 24.3 Å². The summed E-state index contributed by atoms with van der Waals surface area (Å²) in [6.07, 6.45) is 9.07. The molecule has 1 rings (SSSR count). The molecule has 1 atom stereocenters. The molecule has 28 heavy (non-hydrogen) atoms. The zero-order valence-electron chi connectivity index (χ0n) is 18.6. The molecule has 160 valence electrons. The van der Waals surface area contributed by atoms with Crippen molar-refractivity contribution in [3.05, 3.63) is 35.4 Å². The summed E-state index contributed by atoms with van der Waals surface area (Å²) in [4.78, 5) is 23.9. The molecule has 1 unspecified atom stereocenters. The van der Waals surface area contributed by atoms with Gasteiger partial charge in [0.25, 0.3) is 0 Å². The third kappa shape index (κ3) is 11.8. The van der Waals surface area contributed by atoms with Crippen molar-refractivity contribution < 1.29 is 19.1 Å². The topological polar surface area (TPSA) is 52.6 Å². The Hall–Kier alpha value is -1.84. The van der Waals surface area contributed by atoms with Gasteiger partial charge in [-0.15, -0.1) is 0 Å². The molecule has 0 saturated carbocycles. The molecule has 0 heterocycles. The molecule has 0 aromatic heterocycles. The molecular formula is C24H40O4. The van der Waals surface area contributed by atoms with Crippen LogP contribution < -0.4 is 0 Å². The van der Waals surface area contributed by atoms with E-state index < -0.39 is 11.9 Å². The second kappa shape index (κ2) is 17.3. The average Bonchev–Trinajstić information content (AvgIpc) is 2.72. The first-order valence-electron chi connectivity index (χ1n) is 10.9. The highest BCUT2D eigenvalue weighted by Crippen LogP contribution is 2.13. The first-order chi connectivity index (χ1) is 13.5. The van der Waals surface area contributed by atoms with Crippen molar-refractivity contribution in [3.63, 3.8) is 0 Å². The van der Waals surface area contributed by atoms with Gasteiger partial charge in [-0.1, -0.05) is 85.3 Å². The van der Waals surface area contributed by atoms with E-state index in [1.165, 1.54) is 25.7 Å². The maximum Gasteiger partial charge on any atom is 0.339 e. The lowest BCUT2D eigenvalue weighted by Gasteiger charge is -2.09. The summed E-state index contributed by atoms with van der Waals surface area (Å²) in [6.45, 7) is 11.6. The van der Waals surface area contributed by atoms with Crippen LogP contribution in [0.2, 0.25) is 0 Å². The van der Waals surface area contributed by atoms with Crippen LogP contribution in [0.25, 0.3) is 0 Å². The predicted molar refractivity (Wildman–Crippen MR) is 116 cm³/mol. The average molecular weight is 393 g/mol.